The predicted molar refractivity (Wildman–Crippen MR) is 100.0 cm³/mol. The third-order valence-electron chi connectivity index (χ3n) is 6.47. The van der Waals surface area contributed by atoms with Gasteiger partial charge in [-0.25, -0.2) is 0 Å². The highest BCUT2D eigenvalue weighted by atomic mass is 16.5. The van der Waals surface area contributed by atoms with Crippen LogP contribution in [0, 0.1) is 23.2 Å². The van der Waals surface area contributed by atoms with Gasteiger partial charge >= 0.3 is 0 Å². The van der Waals surface area contributed by atoms with Crippen LogP contribution in [0.3, 0.4) is 0 Å². The number of benzene rings is 1. The lowest BCUT2D eigenvalue weighted by Crippen LogP contribution is -2.50. The third-order valence-corrected chi connectivity index (χ3v) is 6.47. The van der Waals surface area contributed by atoms with E-state index in [0.717, 1.165) is 23.5 Å². The first-order valence-electron chi connectivity index (χ1n) is 9.88. The van der Waals surface area contributed by atoms with Crippen LogP contribution in [0.2, 0.25) is 0 Å². The number of hydrogen-bond donors (Lipinski definition) is 2. The minimum atomic E-state index is -0.371. The number of nitrogens with one attached hydrogen (secondary N) is 2. The van der Waals surface area contributed by atoms with Crippen LogP contribution in [0.4, 0.5) is 0 Å². The molecule has 0 spiro atoms. The van der Waals surface area contributed by atoms with E-state index in [1.54, 1.807) is 31.4 Å². The molecule has 1 aromatic carbocycles. The summed E-state index contributed by atoms with van der Waals surface area (Å²) in [5.74, 6) is 3.29. The summed E-state index contributed by atoms with van der Waals surface area (Å²) in [6.07, 6.45) is 8.15. The Labute approximate surface area is 160 Å². The molecule has 4 aliphatic carbocycles. The fourth-order valence-electron chi connectivity index (χ4n) is 5.89. The summed E-state index contributed by atoms with van der Waals surface area (Å²) in [6.45, 7) is -0.149. The highest BCUT2D eigenvalue weighted by Crippen LogP contribution is 2.61. The van der Waals surface area contributed by atoms with Gasteiger partial charge in [0.15, 0.2) is 6.61 Å². The van der Waals surface area contributed by atoms with E-state index >= 15 is 0 Å². The maximum Gasteiger partial charge on any atom is 0.276 e. The third kappa shape index (κ3) is 4.20. The van der Waals surface area contributed by atoms with Gasteiger partial charge in [0.1, 0.15) is 11.5 Å². The lowest BCUT2D eigenvalue weighted by Gasteiger charge is -2.56. The molecule has 2 N–H and O–H groups in total. The molecule has 4 saturated carbocycles. The first-order chi connectivity index (χ1) is 13.0. The van der Waals surface area contributed by atoms with Crippen LogP contribution >= 0.6 is 0 Å². The Morgan fingerprint density at radius 3 is 2.00 bits per heavy atom. The Morgan fingerprint density at radius 2 is 1.44 bits per heavy atom. The summed E-state index contributed by atoms with van der Waals surface area (Å²) < 4.78 is 10.5. The smallest absolute Gasteiger partial charge is 0.276 e. The van der Waals surface area contributed by atoms with Crippen LogP contribution in [0.25, 0.3) is 0 Å². The molecule has 0 atom stereocenters. The van der Waals surface area contributed by atoms with Crippen LogP contribution in [0.1, 0.15) is 44.9 Å². The molecule has 0 radical (unpaired) electrons. The van der Waals surface area contributed by atoms with E-state index in [9.17, 15) is 9.59 Å². The molecule has 2 amide bonds. The van der Waals surface area contributed by atoms with Gasteiger partial charge in [0.25, 0.3) is 5.91 Å². The first-order valence-corrected chi connectivity index (χ1v) is 9.88. The largest absolute Gasteiger partial charge is 0.497 e. The number of hydrogen-bond acceptors (Lipinski definition) is 4. The van der Waals surface area contributed by atoms with Crippen molar-refractivity contribution in [2.24, 2.45) is 23.2 Å². The van der Waals surface area contributed by atoms with Crippen molar-refractivity contribution in [1.82, 2.24) is 10.9 Å². The zero-order valence-electron chi connectivity index (χ0n) is 15.8. The fourth-order valence-corrected chi connectivity index (χ4v) is 5.89. The van der Waals surface area contributed by atoms with Crippen molar-refractivity contribution in [3.63, 3.8) is 0 Å². The SMILES string of the molecule is COc1ccc(OCC(=O)NNC(=O)CC23CC4CC(CC(C4)C2)C3)cc1. The highest BCUT2D eigenvalue weighted by molar-refractivity contribution is 5.83. The van der Waals surface area contributed by atoms with E-state index in [2.05, 4.69) is 10.9 Å². The molecule has 146 valence electrons. The second-order valence-corrected chi connectivity index (χ2v) is 8.65. The molecule has 4 fully saturated rings. The molecule has 0 aromatic heterocycles. The van der Waals surface area contributed by atoms with Crippen molar-refractivity contribution in [3.05, 3.63) is 24.3 Å². The van der Waals surface area contributed by atoms with E-state index in [4.69, 9.17) is 9.47 Å². The monoisotopic (exact) mass is 372 g/mol. The summed E-state index contributed by atoms with van der Waals surface area (Å²) >= 11 is 0. The predicted octanol–water partition coefficient (Wildman–Crippen LogP) is 2.83. The zero-order chi connectivity index (χ0) is 18.9. The summed E-state index contributed by atoms with van der Waals surface area (Å²) in [5, 5.41) is 0. The average Bonchev–Trinajstić information content (AvgIpc) is 2.63. The summed E-state index contributed by atoms with van der Waals surface area (Å²) in [7, 11) is 1.59. The molecule has 4 bridgehead atoms. The van der Waals surface area contributed by atoms with Gasteiger partial charge in [-0.2, -0.15) is 0 Å². The van der Waals surface area contributed by atoms with Gasteiger partial charge in [-0.3, -0.25) is 20.4 Å². The zero-order valence-corrected chi connectivity index (χ0v) is 15.8. The summed E-state index contributed by atoms with van der Waals surface area (Å²) in [6, 6.07) is 7.00. The average molecular weight is 372 g/mol. The van der Waals surface area contributed by atoms with E-state index in [1.165, 1.54) is 38.5 Å². The van der Waals surface area contributed by atoms with Gasteiger partial charge < -0.3 is 9.47 Å². The maximum absolute atomic E-state index is 12.4. The van der Waals surface area contributed by atoms with Crippen molar-refractivity contribution in [3.8, 4) is 11.5 Å². The molecule has 6 heteroatoms. The standard InChI is InChI=1S/C21H28N2O4/c1-26-17-2-4-18(5-3-17)27-13-20(25)23-22-19(24)12-21-9-14-6-15(10-21)8-16(7-14)11-21/h2-5,14-16H,6-13H2,1H3,(H,22,24)(H,23,25). The highest BCUT2D eigenvalue weighted by Gasteiger charge is 2.51. The molecule has 4 aliphatic rings. The molecule has 1 aromatic rings. The number of methoxy groups -OCH3 is 1. The van der Waals surface area contributed by atoms with E-state index in [1.807, 2.05) is 0 Å². The number of rotatable bonds is 6. The molecular formula is C21H28N2O4. The molecule has 0 saturated heterocycles. The van der Waals surface area contributed by atoms with Crippen LogP contribution in [-0.4, -0.2) is 25.5 Å². The number of amides is 2. The van der Waals surface area contributed by atoms with Gasteiger partial charge in [0.2, 0.25) is 5.91 Å². The van der Waals surface area contributed by atoms with E-state index in [-0.39, 0.29) is 23.8 Å². The normalized spacial score (nSPS) is 30.6. The lowest BCUT2D eigenvalue weighted by molar-refractivity contribution is -0.134. The molecule has 27 heavy (non-hydrogen) atoms. The molecule has 6 nitrogen and oxygen atoms in total. The Morgan fingerprint density at radius 1 is 0.926 bits per heavy atom. The second kappa shape index (κ2) is 7.41. The van der Waals surface area contributed by atoms with E-state index < -0.39 is 0 Å². The van der Waals surface area contributed by atoms with Gasteiger partial charge in [-0.05, 0) is 86.0 Å². The lowest BCUT2D eigenvalue weighted by atomic mass is 9.49. The van der Waals surface area contributed by atoms with Crippen LogP contribution in [0.5, 0.6) is 11.5 Å². The van der Waals surface area contributed by atoms with Gasteiger partial charge in [0, 0.05) is 6.42 Å². The molecular weight excluding hydrogens is 344 g/mol. The van der Waals surface area contributed by atoms with Gasteiger partial charge in [0.05, 0.1) is 7.11 Å². The fraction of sp³-hybridized carbons (Fsp3) is 0.619. The topological polar surface area (TPSA) is 76.7 Å². The number of hydrazine groups is 1. The Bertz CT molecular complexity index is 665. The first kappa shape index (κ1) is 18.1. The van der Waals surface area contributed by atoms with Crippen molar-refractivity contribution >= 4 is 11.8 Å². The molecule has 5 rings (SSSR count). The Kier molecular flexibility index (Phi) is 4.98. The van der Waals surface area contributed by atoms with Gasteiger partial charge in [-0.15, -0.1) is 0 Å². The van der Waals surface area contributed by atoms with E-state index in [0.29, 0.717) is 12.2 Å². The van der Waals surface area contributed by atoms with Crippen molar-refractivity contribution < 1.29 is 19.1 Å². The minimum Gasteiger partial charge on any atom is -0.497 e. The van der Waals surface area contributed by atoms with Crippen molar-refractivity contribution in [2.45, 2.75) is 44.9 Å². The minimum absolute atomic E-state index is 0.0882. The number of carbonyl (C=O) groups excluding carboxylic acids is 2. The second-order valence-electron chi connectivity index (χ2n) is 8.65. The molecule has 0 heterocycles. The number of carbonyl (C=O) groups is 2. The summed E-state index contributed by atoms with van der Waals surface area (Å²) in [4.78, 5) is 24.3. The Balaban J connectivity index is 1.20. The summed E-state index contributed by atoms with van der Waals surface area (Å²) in [5.41, 5.74) is 5.21. The van der Waals surface area contributed by atoms with Crippen LogP contribution in [0.15, 0.2) is 24.3 Å². The quantitative estimate of drug-likeness (QED) is 0.753. The Hall–Kier alpha value is -2.24. The maximum atomic E-state index is 12.4. The van der Waals surface area contributed by atoms with Crippen LogP contribution in [-0.2, 0) is 9.59 Å². The van der Waals surface area contributed by atoms with Gasteiger partial charge in [-0.1, -0.05) is 0 Å². The van der Waals surface area contributed by atoms with Crippen LogP contribution < -0.4 is 20.3 Å². The molecule has 0 aliphatic heterocycles. The number of ether oxygens (including phenoxy) is 2. The van der Waals surface area contributed by atoms with Crippen molar-refractivity contribution in [1.29, 1.82) is 0 Å². The van der Waals surface area contributed by atoms with Crippen molar-refractivity contribution in [2.75, 3.05) is 13.7 Å². The molecule has 0 unspecified atom stereocenters.